The van der Waals surface area contributed by atoms with Crippen LogP contribution in [0.2, 0.25) is 0 Å². The van der Waals surface area contributed by atoms with Gasteiger partial charge < -0.3 is 0 Å². The van der Waals surface area contributed by atoms with E-state index >= 15 is 0 Å². The van der Waals surface area contributed by atoms with Crippen LogP contribution in [0.3, 0.4) is 0 Å². The summed E-state index contributed by atoms with van der Waals surface area (Å²) in [4.78, 5) is 0. The Kier molecular flexibility index (Phi) is 10.7. The summed E-state index contributed by atoms with van der Waals surface area (Å²) in [6.45, 7) is 14.0. The van der Waals surface area contributed by atoms with Gasteiger partial charge in [-0.3, -0.25) is 0 Å². The third-order valence-electron chi connectivity index (χ3n) is 13.4. The summed E-state index contributed by atoms with van der Waals surface area (Å²) < 4.78 is 1.17. The van der Waals surface area contributed by atoms with Crippen molar-refractivity contribution in [3.63, 3.8) is 0 Å². The van der Waals surface area contributed by atoms with Crippen molar-refractivity contribution in [2.45, 2.75) is 74.6 Å². The van der Waals surface area contributed by atoms with Crippen LogP contribution in [0.4, 0.5) is 0 Å². The number of halogens is 2. The zero-order valence-corrected chi connectivity index (χ0v) is 41.4. The molecule has 0 saturated heterocycles. The molecule has 0 spiro atoms. The molecule has 0 N–H and O–H groups in total. The Balaban J connectivity index is 1.38. The average Bonchev–Trinajstić information content (AvgIpc) is 3.92. The molecule has 58 heavy (non-hydrogen) atoms. The fourth-order valence-corrected chi connectivity index (χ4v) is 50.1. The molecule has 0 aromatic heterocycles. The second kappa shape index (κ2) is 15.5. The molecule has 0 nitrogen and oxygen atoms in total. The number of fused-ring (bicyclic) bond motifs is 5. The Bertz CT molecular complexity index is 2510. The van der Waals surface area contributed by atoms with Crippen LogP contribution < -0.4 is 13.7 Å². The first-order valence-corrected chi connectivity index (χ1v) is 37.9. The molecule has 6 aromatic rings. The molecule has 2 aliphatic carbocycles. The number of rotatable bonds is 11. The van der Waals surface area contributed by atoms with Gasteiger partial charge in [0.25, 0.3) is 0 Å². The Labute approximate surface area is 357 Å². The minimum atomic E-state index is -5.82. The molecule has 9 rings (SSSR count). The van der Waals surface area contributed by atoms with Gasteiger partial charge in [0.05, 0.1) is 0 Å². The van der Waals surface area contributed by atoms with Crippen molar-refractivity contribution in [2.75, 3.05) is 0 Å². The third kappa shape index (κ3) is 6.39. The molecular formula is C54H55Cl2HfSi. The summed E-state index contributed by atoms with van der Waals surface area (Å²) in [5.74, 6) is 0.893. The van der Waals surface area contributed by atoms with Crippen LogP contribution in [0.1, 0.15) is 95.1 Å². The van der Waals surface area contributed by atoms with Gasteiger partial charge in [0.1, 0.15) is 0 Å². The zero-order chi connectivity index (χ0) is 40.4. The first-order valence-electron chi connectivity index (χ1n) is 21.6. The number of allylic oxidation sites excluding steroid dienone is 2. The Morgan fingerprint density at radius 2 is 0.931 bits per heavy atom. The molecule has 0 saturated carbocycles. The molecule has 0 amide bonds. The quantitative estimate of drug-likeness (QED) is 0.113. The van der Waals surface area contributed by atoms with Gasteiger partial charge in [-0.25, -0.2) is 0 Å². The SMILES string of the molecule is CCc1ccccc1-c1cccc2c1C=C(CC(C)C)[CH]2[Hf]([Cl])([Cl])([c]1cccc2c1[SiH2]c1ccccc1-2)[CH]1C(CC(C)C)=Cc2c(-c3ccccc3CC)cccc21. The van der Waals surface area contributed by atoms with Crippen molar-refractivity contribution in [3.8, 4) is 33.4 Å². The Morgan fingerprint density at radius 1 is 0.500 bits per heavy atom. The predicted octanol–water partition coefficient (Wildman–Crippen LogP) is 13.2. The van der Waals surface area contributed by atoms with Gasteiger partial charge in [-0.15, -0.1) is 0 Å². The fourth-order valence-electron chi connectivity index (χ4n) is 11.2. The Morgan fingerprint density at radius 3 is 1.43 bits per heavy atom. The van der Waals surface area contributed by atoms with Crippen molar-refractivity contribution in [3.05, 3.63) is 172 Å². The van der Waals surface area contributed by atoms with Gasteiger partial charge in [-0.05, 0) is 0 Å². The molecule has 293 valence electrons. The maximum absolute atomic E-state index is 9.41. The van der Waals surface area contributed by atoms with Crippen molar-refractivity contribution in [2.24, 2.45) is 11.8 Å². The predicted molar refractivity (Wildman–Crippen MR) is 254 cm³/mol. The van der Waals surface area contributed by atoms with Gasteiger partial charge in [0.15, 0.2) is 0 Å². The van der Waals surface area contributed by atoms with E-state index in [0.717, 1.165) is 25.7 Å². The summed E-state index contributed by atoms with van der Waals surface area (Å²) in [6.07, 6.45) is 8.98. The molecule has 0 bridgehead atoms. The summed E-state index contributed by atoms with van der Waals surface area (Å²) in [5.41, 5.74) is 18.9. The topological polar surface area (TPSA) is 0 Å². The monoisotopic (exact) mass is 981 g/mol. The van der Waals surface area contributed by atoms with E-state index < -0.39 is 25.7 Å². The normalized spacial score (nSPS) is 17.8. The molecule has 2 atom stereocenters. The number of hydrogen-bond acceptors (Lipinski definition) is 0. The zero-order valence-electron chi connectivity index (χ0n) is 34.9. The maximum atomic E-state index is 9.41. The summed E-state index contributed by atoms with van der Waals surface area (Å²) >= 11 is -5.82. The summed E-state index contributed by atoms with van der Waals surface area (Å²) in [5, 5.41) is 2.99. The van der Waals surface area contributed by atoms with E-state index in [0.29, 0.717) is 11.8 Å². The molecule has 3 aliphatic rings. The van der Waals surface area contributed by atoms with Gasteiger partial charge in [0, 0.05) is 0 Å². The van der Waals surface area contributed by atoms with Crippen molar-refractivity contribution >= 4 is 52.5 Å². The van der Waals surface area contributed by atoms with E-state index in [1.165, 1.54) is 91.6 Å². The molecule has 2 unspecified atom stereocenters. The molecular weight excluding hydrogens is 926 g/mol. The van der Waals surface area contributed by atoms with Crippen LogP contribution >= 0.6 is 17.2 Å². The van der Waals surface area contributed by atoms with Gasteiger partial charge in [-0.2, -0.15) is 0 Å². The number of benzene rings is 6. The first-order chi connectivity index (χ1) is 28.0. The van der Waals surface area contributed by atoms with E-state index in [1.807, 2.05) is 0 Å². The standard InChI is InChI=1S/2C21H23.C12H9Si.2ClH.Hf/c2*1-4-17-8-5-6-10-19(17)20-11-7-9-18-13-16(12-15(2)3)14-21(18)20;1-3-7-11-9(5-1)10-6-2-4-8-12(10)13-11;;;/h2*5-11,13-15H,4,12H2,1-3H3;1-7H,13H2;2*1H;/q;;;;;+2/p-2. The summed E-state index contributed by atoms with van der Waals surface area (Å²) in [6, 6.07) is 48.1. The Hall–Kier alpha value is -3.53. The van der Waals surface area contributed by atoms with Crippen LogP contribution in [0.5, 0.6) is 0 Å². The molecule has 1 heterocycles. The first kappa shape index (κ1) is 39.9. The molecule has 4 heteroatoms. The van der Waals surface area contributed by atoms with Crippen LogP contribution in [0.15, 0.2) is 139 Å². The number of aryl methyl sites for hydroxylation is 2. The second-order valence-corrected chi connectivity index (χ2v) is 49.1. The second-order valence-electron chi connectivity index (χ2n) is 18.0. The molecule has 6 aromatic carbocycles. The molecule has 0 fully saturated rings. The van der Waals surface area contributed by atoms with Gasteiger partial charge in [-0.1, -0.05) is 0 Å². The van der Waals surface area contributed by atoms with Crippen LogP contribution in [-0.2, 0) is 29.0 Å². The third-order valence-corrected chi connectivity index (χ3v) is 45.1. The van der Waals surface area contributed by atoms with E-state index in [9.17, 15) is 17.2 Å². The van der Waals surface area contributed by atoms with Crippen molar-refractivity contribution in [1.82, 2.24) is 0 Å². The van der Waals surface area contributed by atoms with Gasteiger partial charge in [0.2, 0.25) is 0 Å². The number of hydrogen-bond donors (Lipinski definition) is 0. The van der Waals surface area contributed by atoms with Crippen LogP contribution in [0, 0.1) is 11.8 Å². The van der Waals surface area contributed by atoms with Gasteiger partial charge >= 0.3 is 360 Å². The van der Waals surface area contributed by atoms with Crippen molar-refractivity contribution in [1.29, 1.82) is 0 Å². The minimum absolute atomic E-state index is 0.0752. The van der Waals surface area contributed by atoms with E-state index in [2.05, 4.69) is 181 Å². The molecule has 1 aliphatic heterocycles. The van der Waals surface area contributed by atoms with E-state index in [4.69, 9.17) is 0 Å². The van der Waals surface area contributed by atoms with Crippen molar-refractivity contribution < 1.29 is 16.1 Å². The fraction of sp³-hybridized carbons (Fsp3) is 0.259. The van der Waals surface area contributed by atoms with Crippen LogP contribution in [-0.4, -0.2) is 9.52 Å². The molecule has 0 radical (unpaired) electrons. The summed E-state index contributed by atoms with van der Waals surface area (Å²) in [7, 11) is 18.0. The average molecular weight is 982 g/mol. The van der Waals surface area contributed by atoms with E-state index in [1.54, 1.807) is 0 Å². The van der Waals surface area contributed by atoms with Crippen LogP contribution in [0.25, 0.3) is 45.5 Å². The van der Waals surface area contributed by atoms with E-state index in [-0.39, 0.29) is 7.35 Å².